The van der Waals surface area contributed by atoms with Gasteiger partial charge in [0.1, 0.15) is 0 Å². The fourth-order valence-corrected chi connectivity index (χ4v) is 1.63. The van der Waals surface area contributed by atoms with Gasteiger partial charge in [0, 0.05) is 0 Å². The lowest BCUT2D eigenvalue weighted by atomic mass is 9.86. The molecule has 0 nitrogen and oxygen atoms in total. The summed E-state index contributed by atoms with van der Waals surface area (Å²) < 4.78 is 0. The summed E-state index contributed by atoms with van der Waals surface area (Å²) in [4.78, 5) is 0. The van der Waals surface area contributed by atoms with E-state index in [9.17, 15) is 0 Å². The van der Waals surface area contributed by atoms with E-state index in [0.717, 1.165) is 6.42 Å². The van der Waals surface area contributed by atoms with E-state index in [-0.39, 0.29) is 0 Å². The van der Waals surface area contributed by atoms with Crippen LogP contribution in [0.15, 0.2) is 48.1 Å². The minimum Gasteiger partial charge on any atom is -0.0990 e. The Labute approximate surface area is 88.7 Å². The first-order chi connectivity index (χ1) is 6.79. The highest BCUT2D eigenvalue weighted by Gasteiger charge is 2.12. The summed E-state index contributed by atoms with van der Waals surface area (Å²) in [6.45, 7) is 13.9. The molecule has 0 aromatic rings. The molecule has 0 heterocycles. The maximum Gasteiger partial charge on any atom is -0.0202 e. The molecule has 0 unspecified atom stereocenters. The summed E-state index contributed by atoms with van der Waals surface area (Å²) in [6, 6.07) is 0. The number of allylic oxidation sites excluding steroid dienone is 6. The molecule has 0 aromatic carbocycles. The molecule has 0 spiro atoms. The van der Waals surface area contributed by atoms with Crippen molar-refractivity contribution < 1.29 is 0 Å². The van der Waals surface area contributed by atoms with Crippen LogP contribution in [0.2, 0.25) is 0 Å². The Kier molecular flexibility index (Phi) is 6.82. The number of rotatable bonds is 1. The molecule has 0 amide bonds. The van der Waals surface area contributed by atoms with Crippen LogP contribution in [0.3, 0.4) is 0 Å². The maximum absolute atomic E-state index is 4.06. The van der Waals surface area contributed by atoms with Crippen LogP contribution in [-0.2, 0) is 0 Å². The van der Waals surface area contributed by atoms with Gasteiger partial charge in [0.05, 0.1) is 0 Å². The van der Waals surface area contributed by atoms with Gasteiger partial charge < -0.3 is 0 Å². The summed E-state index contributed by atoms with van der Waals surface area (Å²) in [6.07, 6.45) is 9.66. The zero-order valence-corrected chi connectivity index (χ0v) is 9.77. The van der Waals surface area contributed by atoms with Gasteiger partial charge in [-0.15, -0.1) is 0 Å². The molecule has 1 aliphatic rings. The molecule has 0 heteroatoms. The van der Waals surface area contributed by atoms with Crippen LogP contribution >= 0.6 is 0 Å². The van der Waals surface area contributed by atoms with Crippen LogP contribution in [0.4, 0.5) is 0 Å². The predicted molar refractivity (Wildman–Crippen MR) is 66.4 cm³/mol. The number of hydrogen-bond acceptors (Lipinski definition) is 0. The van der Waals surface area contributed by atoms with Crippen LogP contribution < -0.4 is 0 Å². The summed E-state index contributed by atoms with van der Waals surface area (Å²) in [5.74, 6) is 0. The van der Waals surface area contributed by atoms with E-state index in [2.05, 4.69) is 32.2 Å². The molecule has 1 saturated carbocycles. The molecule has 14 heavy (non-hydrogen) atoms. The van der Waals surface area contributed by atoms with Gasteiger partial charge in [-0.2, -0.15) is 0 Å². The van der Waals surface area contributed by atoms with Gasteiger partial charge in [0.25, 0.3) is 0 Å². The van der Waals surface area contributed by atoms with Crippen molar-refractivity contribution in [3.63, 3.8) is 0 Å². The van der Waals surface area contributed by atoms with Gasteiger partial charge in [-0.1, -0.05) is 45.2 Å². The SMILES string of the molecule is C=C/C=C1/C(=C)CCC/C1=C/C.CC. The van der Waals surface area contributed by atoms with E-state index in [1.165, 1.54) is 29.6 Å². The Balaban J connectivity index is 0.000000791. The largest absolute Gasteiger partial charge is 0.0990 e. The normalized spacial score (nSPS) is 21.8. The third kappa shape index (κ3) is 3.37. The second-order valence-corrected chi connectivity index (χ2v) is 3.09. The Bertz CT molecular complexity index is 251. The van der Waals surface area contributed by atoms with Gasteiger partial charge in [0.15, 0.2) is 0 Å². The average molecular weight is 190 g/mol. The van der Waals surface area contributed by atoms with E-state index in [0.29, 0.717) is 0 Å². The molecule has 0 atom stereocenters. The van der Waals surface area contributed by atoms with Crippen molar-refractivity contribution in [1.82, 2.24) is 0 Å². The van der Waals surface area contributed by atoms with Crippen LogP contribution in [0.5, 0.6) is 0 Å². The lowest BCUT2D eigenvalue weighted by Gasteiger charge is -2.20. The first-order valence-corrected chi connectivity index (χ1v) is 5.46. The fourth-order valence-electron chi connectivity index (χ4n) is 1.63. The molecular weight excluding hydrogens is 168 g/mol. The highest BCUT2D eigenvalue weighted by Crippen LogP contribution is 2.31. The van der Waals surface area contributed by atoms with E-state index in [1.807, 2.05) is 19.9 Å². The highest BCUT2D eigenvalue weighted by molar-refractivity contribution is 5.48. The smallest absolute Gasteiger partial charge is 0.0202 e. The van der Waals surface area contributed by atoms with Gasteiger partial charge in [-0.05, 0) is 42.9 Å². The summed E-state index contributed by atoms with van der Waals surface area (Å²) in [7, 11) is 0. The van der Waals surface area contributed by atoms with Crippen LogP contribution in [-0.4, -0.2) is 0 Å². The summed E-state index contributed by atoms with van der Waals surface area (Å²) >= 11 is 0. The van der Waals surface area contributed by atoms with E-state index >= 15 is 0 Å². The Hall–Kier alpha value is -1.04. The van der Waals surface area contributed by atoms with Crippen molar-refractivity contribution in [3.8, 4) is 0 Å². The summed E-state index contributed by atoms with van der Waals surface area (Å²) in [5, 5.41) is 0. The van der Waals surface area contributed by atoms with Crippen LogP contribution in [0.1, 0.15) is 40.0 Å². The van der Waals surface area contributed by atoms with Crippen molar-refractivity contribution in [1.29, 1.82) is 0 Å². The molecule has 0 aromatic heterocycles. The highest BCUT2D eigenvalue weighted by atomic mass is 14.2. The minimum absolute atomic E-state index is 1.14. The molecule has 1 fully saturated rings. The molecule has 1 aliphatic carbocycles. The van der Waals surface area contributed by atoms with Gasteiger partial charge in [-0.25, -0.2) is 0 Å². The maximum atomic E-state index is 4.06. The van der Waals surface area contributed by atoms with Crippen molar-refractivity contribution in [2.45, 2.75) is 40.0 Å². The fraction of sp³-hybridized carbons (Fsp3) is 0.429. The van der Waals surface area contributed by atoms with Gasteiger partial charge >= 0.3 is 0 Å². The van der Waals surface area contributed by atoms with Gasteiger partial charge in [0.2, 0.25) is 0 Å². The second kappa shape index (κ2) is 7.37. The average Bonchev–Trinajstić information content (AvgIpc) is 2.24. The monoisotopic (exact) mass is 190 g/mol. The third-order valence-corrected chi connectivity index (χ3v) is 2.28. The second-order valence-electron chi connectivity index (χ2n) is 3.09. The lowest BCUT2D eigenvalue weighted by Crippen LogP contribution is -2.00. The van der Waals surface area contributed by atoms with Crippen LogP contribution in [0, 0.1) is 0 Å². The summed E-state index contributed by atoms with van der Waals surface area (Å²) in [5.41, 5.74) is 3.99. The van der Waals surface area contributed by atoms with E-state index in [4.69, 9.17) is 0 Å². The van der Waals surface area contributed by atoms with Crippen molar-refractivity contribution in [3.05, 3.63) is 48.1 Å². The minimum atomic E-state index is 1.14. The first kappa shape index (κ1) is 13.0. The molecule has 78 valence electrons. The number of hydrogen-bond donors (Lipinski definition) is 0. The standard InChI is InChI=1S/C12H16.C2H6/c1-4-7-12-10(3)8-6-9-11(12)5-2;1-2/h4-5,7H,1,3,6,8-9H2,2H3;1-2H3/b11-5-,12-7-;. The van der Waals surface area contributed by atoms with E-state index < -0.39 is 0 Å². The van der Waals surface area contributed by atoms with Gasteiger partial charge in [-0.3, -0.25) is 0 Å². The Morgan fingerprint density at radius 2 is 1.86 bits per heavy atom. The van der Waals surface area contributed by atoms with Crippen molar-refractivity contribution >= 4 is 0 Å². The molecule has 1 rings (SSSR count). The zero-order chi connectivity index (χ0) is 11.0. The molecular formula is C14H22. The predicted octanol–water partition coefficient (Wildman–Crippen LogP) is 4.81. The molecule has 0 radical (unpaired) electrons. The zero-order valence-electron chi connectivity index (χ0n) is 9.77. The molecule has 0 aliphatic heterocycles. The van der Waals surface area contributed by atoms with E-state index in [1.54, 1.807) is 0 Å². The lowest BCUT2D eigenvalue weighted by molar-refractivity contribution is 0.774. The topological polar surface area (TPSA) is 0 Å². The Morgan fingerprint density at radius 3 is 2.36 bits per heavy atom. The van der Waals surface area contributed by atoms with Crippen molar-refractivity contribution in [2.75, 3.05) is 0 Å². The molecule has 0 bridgehead atoms. The first-order valence-electron chi connectivity index (χ1n) is 5.46. The van der Waals surface area contributed by atoms with Crippen molar-refractivity contribution in [2.24, 2.45) is 0 Å². The Morgan fingerprint density at radius 1 is 1.21 bits per heavy atom. The van der Waals surface area contributed by atoms with Crippen LogP contribution in [0.25, 0.3) is 0 Å². The molecule has 0 N–H and O–H groups in total. The third-order valence-electron chi connectivity index (χ3n) is 2.28. The quantitative estimate of drug-likeness (QED) is 0.556. The molecule has 0 saturated heterocycles.